The zero-order valence-corrected chi connectivity index (χ0v) is 14.2. The zero-order valence-electron chi connectivity index (χ0n) is 13.4. The molecule has 4 heteroatoms. The number of thiophene rings is 1. The van der Waals surface area contributed by atoms with Crippen LogP contribution in [0.2, 0.25) is 0 Å². The number of amides is 1. The summed E-state index contributed by atoms with van der Waals surface area (Å²) in [7, 11) is 0. The molecule has 0 saturated carbocycles. The highest BCUT2D eigenvalue weighted by atomic mass is 32.1. The van der Waals surface area contributed by atoms with Crippen molar-refractivity contribution in [2.75, 3.05) is 12.3 Å². The van der Waals surface area contributed by atoms with E-state index in [2.05, 4.69) is 33.0 Å². The highest BCUT2D eigenvalue weighted by Crippen LogP contribution is 2.34. The fourth-order valence-electron chi connectivity index (χ4n) is 1.99. The van der Waals surface area contributed by atoms with Gasteiger partial charge in [-0.25, -0.2) is 0 Å². The van der Waals surface area contributed by atoms with Crippen LogP contribution in [0.3, 0.4) is 0 Å². The van der Waals surface area contributed by atoms with Crippen LogP contribution in [0.15, 0.2) is 18.2 Å². The summed E-state index contributed by atoms with van der Waals surface area (Å²) in [5.74, 6) is 0.431. The van der Waals surface area contributed by atoms with Crippen molar-refractivity contribution in [1.29, 1.82) is 0 Å². The van der Waals surface area contributed by atoms with E-state index in [-0.39, 0.29) is 11.3 Å². The molecule has 0 spiro atoms. The van der Waals surface area contributed by atoms with Gasteiger partial charge in [0.15, 0.2) is 0 Å². The number of carbonyl (C=O) groups excluding carboxylic acids is 1. The Morgan fingerprint density at radius 1 is 1.38 bits per heavy atom. The second-order valence-electron chi connectivity index (χ2n) is 6.67. The van der Waals surface area contributed by atoms with Crippen molar-refractivity contribution in [2.24, 2.45) is 11.3 Å². The molecule has 1 aromatic heterocycles. The van der Waals surface area contributed by atoms with Crippen LogP contribution in [0.4, 0.5) is 5.69 Å². The number of carbonyl (C=O) groups is 1. The Morgan fingerprint density at radius 2 is 2.05 bits per heavy atom. The Labute approximate surface area is 130 Å². The third kappa shape index (κ3) is 3.21. The molecule has 0 aliphatic carbocycles. The van der Waals surface area contributed by atoms with E-state index in [1.54, 1.807) is 0 Å². The summed E-state index contributed by atoms with van der Waals surface area (Å²) in [6, 6.07) is 6.11. The molecule has 0 saturated heterocycles. The Hall–Kier alpha value is -1.55. The number of nitrogens with two attached hydrogens (primary N) is 1. The molecule has 21 heavy (non-hydrogen) atoms. The van der Waals surface area contributed by atoms with Gasteiger partial charge >= 0.3 is 0 Å². The average molecular weight is 304 g/mol. The molecule has 0 radical (unpaired) electrons. The lowest BCUT2D eigenvalue weighted by Crippen LogP contribution is -2.36. The molecule has 3 N–H and O–H groups in total. The Balaban J connectivity index is 2.22. The van der Waals surface area contributed by atoms with E-state index < -0.39 is 0 Å². The monoisotopic (exact) mass is 304 g/mol. The summed E-state index contributed by atoms with van der Waals surface area (Å²) in [5.41, 5.74) is 7.97. The molecule has 3 nitrogen and oxygen atoms in total. The molecular weight excluding hydrogens is 280 g/mol. The van der Waals surface area contributed by atoms with Crippen molar-refractivity contribution >= 4 is 33.0 Å². The van der Waals surface area contributed by atoms with E-state index in [0.717, 1.165) is 15.6 Å². The number of fused-ring (bicyclic) bond motifs is 1. The number of aryl methyl sites for hydroxylation is 1. The summed E-state index contributed by atoms with van der Waals surface area (Å²) >= 11 is 1.46. The zero-order chi connectivity index (χ0) is 15.8. The lowest BCUT2D eigenvalue weighted by molar-refractivity contribution is 0.0930. The molecule has 2 aromatic rings. The molecule has 1 aromatic carbocycles. The van der Waals surface area contributed by atoms with Crippen LogP contribution in [0.1, 0.15) is 42.9 Å². The largest absolute Gasteiger partial charge is 0.397 e. The molecule has 2 rings (SSSR count). The van der Waals surface area contributed by atoms with Gasteiger partial charge in [0.25, 0.3) is 5.91 Å². The van der Waals surface area contributed by atoms with Gasteiger partial charge in [0.1, 0.15) is 4.88 Å². The summed E-state index contributed by atoms with van der Waals surface area (Å²) in [5, 5.41) is 4.01. The van der Waals surface area contributed by atoms with Crippen molar-refractivity contribution in [1.82, 2.24) is 5.32 Å². The summed E-state index contributed by atoms with van der Waals surface area (Å²) in [6.45, 7) is 11.3. The van der Waals surface area contributed by atoms with Crippen molar-refractivity contribution < 1.29 is 4.79 Å². The number of nitrogen functional groups attached to an aromatic ring is 1. The number of hydrogen-bond acceptors (Lipinski definition) is 3. The van der Waals surface area contributed by atoms with E-state index in [1.165, 1.54) is 11.3 Å². The molecule has 0 bridgehead atoms. The molecule has 0 unspecified atom stereocenters. The van der Waals surface area contributed by atoms with Gasteiger partial charge in [0, 0.05) is 16.6 Å². The van der Waals surface area contributed by atoms with Gasteiger partial charge in [-0.05, 0) is 30.4 Å². The minimum absolute atomic E-state index is 0.0672. The highest BCUT2D eigenvalue weighted by molar-refractivity contribution is 7.21. The normalized spacial score (nSPS) is 12.1. The average Bonchev–Trinajstić information content (AvgIpc) is 2.73. The van der Waals surface area contributed by atoms with Crippen LogP contribution >= 0.6 is 11.3 Å². The van der Waals surface area contributed by atoms with Gasteiger partial charge in [-0.2, -0.15) is 0 Å². The van der Waals surface area contributed by atoms with Crippen molar-refractivity contribution in [3.05, 3.63) is 28.6 Å². The third-order valence-electron chi connectivity index (χ3n) is 4.36. The maximum atomic E-state index is 12.4. The number of nitrogens with one attached hydrogen (secondary N) is 1. The predicted octanol–water partition coefficient (Wildman–Crippen LogP) is 4.20. The fraction of sp³-hybridized carbons (Fsp3) is 0.471. The van der Waals surface area contributed by atoms with E-state index in [0.29, 0.717) is 23.0 Å². The van der Waals surface area contributed by atoms with E-state index in [4.69, 9.17) is 5.73 Å². The molecule has 0 atom stereocenters. The summed E-state index contributed by atoms with van der Waals surface area (Å²) < 4.78 is 1.06. The first kappa shape index (κ1) is 15.8. The van der Waals surface area contributed by atoms with Gasteiger partial charge in [-0.3, -0.25) is 4.79 Å². The predicted molar refractivity (Wildman–Crippen MR) is 91.9 cm³/mol. The van der Waals surface area contributed by atoms with Gasteiger partial charge < -0.3 is 11.1 Å². The van der Waals surface area contributed by atoms with Crippen LogP contribution in [-0.4, -0.2) is 12.5 Å². The van der Waals surface area contributed by atoms with Gasteiger partial charge in [0.2, 0.25) is 0 Å². The summed E-state index contributed by atoms with van der Waals surface area (Å²) in [4.78, 5) is 13.0. The minimum atomic E-state index is -0.0694. The Kier molecular flexibility index (Phi) is 4.28. The maximum Gasteiger partial charge on any atom is 0.263 e. The van der Waals surface area contributed by atoms with Crippen molar-refractivity contribution in [3.8, 4) is 0 Å². The summed E-state index contributed by atoms with van der Waals surface area (Å²) in [6.07, 6.45) is 0. The van der Waals surface area contributed by atoms with Crippen LogP contribution in [-0.2, 0) is 0 Å². The smallest absolute Gasteiger partial charge is 0.263 e. The van der Waals surface area contributed by atoms with Crippen LogP contribution < -0.4 is 11.1 Å². The second kappa shape index (κ2) is 5.68. The molecule has 0 aliphatic heterocycles. The standard InChI is InChI=1S/C17H24N2OS/c1-10(2)17(4,5)9-19-16(20)15-14(18)12-8-11(3)6-7-13(12)21-15/h6-8,10H,9,18H2,1-5H3,(H,19,20). The molecule has 0 fully saturated rings. The van der Waals surface area contributed by atoms with Gasteiger partial charge in [0.05, 0.1) is 5.69 Å². The number of rotatable bonds is 4. The van der Waals surface area contributed by atoms with E-state index in [1.807, 2.05) is 25.1 Å². The van der Waals surface area contributed by atoms with Crippen molar-refractivity contribution in [2.45, 2.75) is 34.6 Å². The molecule has 1 amide bonds. The minimum Gasteiger partial charge on any atom is -0.397 e. The van der Waals surface area contributed by atoms with Crippen LogP contribution in [0.5, 0.6) is 0 Å². The highest BCUT2D eigenvalue weighted by Gasteiger charge is 2.24. The topological polar surface area (TPSA) is 55.1 Å². The SMILES string of the molecule is Cc1ccc2sc(C(=O)NCC(C)(C)C(C)C)c(N)c2c1. The molecule has 1 heterocycles. The lowest BCUT2D eigenvalue weighted by atomic mass is 9.81. The number of hydrogen-bond donors (Lipinski definition) is 2. The van der Waals surface area contributed by atoms with E-state index >= 15 is 0 Å². The Morgan fingerprint density at radius 3 is 2.67 bits per heavy atom. The number of anilines is 1. The third-order valence-corrected chi connectivity index (χ3v) is 5.54. The van der Waals surface area contributed by atoms with Crippen molar-refractivity contribution in [3.63, 3.8) is 0 Å². The van der Waals surface area contributed by atoms with E-state index in [9.17, 15) is 4.79 Å². The fourth-order valence-corrected chi connectivity index (χ4v) is 3.01. The second-order valence-corrected chi connectivity index (χ2v) is 7.72. The lowest BCUT2D eigenvalue weighted by Gasteiger charge is -2.29. The molecular formula is C17H24N2OS. The van der Waals surface area contributed by atoms with Gasteiger partial charge in [-0.1, -0.05) is 39.3 Å². The first-order chi connectivity index (χ1) is 9.72. The number of benzene rings is 1. The Bertz CT molecular complexity index is 671. The first-order valence-corrected chi connectivity index (χ1v) is 8.11. The van der Waals surface area contributed by atoms with Gasteiger partial charge in [-0.15, -0.1) is 11.3 Å². The maximum absolute atomic E-state index is 12.4. The van der Waals surface area contributed by atoms with Crippen LogP contribution in [0, 0.1) is 18.3 Å². The van der Waals surface area contributed by atoms with Crippen LogP contribution in [0.25, 0.3) is 10.1 Å². The molecule has 0 aliphatic rings. The molecule has 114 valence electrons. The quantitative estimate of drug-likeness (QED) is 0.889. The first-order valence-electron chi connectivity index (χ1n) is 7.29.